The van der Waals surface area contributed by atoms with Gasteiger partial charge < -0.3 is 11.1 Å². The Morgan fingerprint density at radius 2 is 2.14 bits per heavy atom. The van der Waals surface area contributed by atoms with Crippen LogP contribution in [0.5, 0.6) is 0 Å². The van der Waals surface area contributed by atoms with Gasteiger partial charge in [0.15, 0.2) is 0 Å². The molecule has 1 aliphatic carbocycles. The van der Waals surface area contributed by atoms with E-state index in [0.29, 0.717) is 24.1 Å². The predicted octanol–water partition coefficient (Wildman–Crippen LogP) is 2.61. The van der Waals surface area contributed by atoms with Crippen LogP contribution in [-0.2, 0) is 0 Å². The number of carbonyl (C=O) groups excluding carboxylic acids is 1. The minimum Gasteiger partial charge on any atom is -0.349 e. The molecule has 112 valence electrons. The van der Waals surface area contributed by atoms with Gasteiger partial charge in [-0.15, -0.1) is 0 Å². The molecule has 2 rings (SSSR count). The summed E-state index contributed by atoms with van der Waals surface area (Å²) in [5.74, 6) is 6.45. The van der Waals surface area contributed by atoms with Crippen LogP contribution < -0.4 is 11.1 Å². The van der Waals surface area contributed by atoms with Gasteiger partial charge in [0.2, 0.25) is 0 Å². The van der Waals surface area contributed by atoms with Crippen LogP contribution in [0.1, 0.15) is 54.1 Å². The number of rotatable bonds is 2. The fourth-order valence-corrected chi connectivity index (χ4v) is 2.87. The van der Waals surface area contributed by atoms with Gasteiger partial charge >= 0.3 is 0 Å². The summed E-state index contributed by atoms with van der Waals surface area (Å²) in [5, 5.41) is 3.18. The number of aryl methyl sites for hydroxylation is 1. The molecular formula is C18H24N2O. The summed E-state index contributed by atoms with van der Waals surface area (Å²) < 4.78 is 0. The molecule has 2 atom stereocenters. The minimum absolute atomic E-state index is 0.0233. The summed E-state index contributed by atoms with van der Waals surface area (Å²) in [4.78, 5) is 12.4. The van der Waals surface area contributed by atoms with Gasteiger partial charge in [0.25, 0.3) is 5.91 Å². The Bertz CT molecular complexity index is 568. The Kier molecular flexibility index (Phi) is 5.41. The molecule has 3 nitrogen and oxygen atoms in total. The zero-order chi connectivity index (χ0) is 15.2. The number of nitrogens with two attached hydrogens (primary N) is 1. The van der Waals surface area contributed by atoms with Crippen LogP contribution in [-0.4, -0.2) is 18.5 Å². The maximum absolute atomic E-state index is 12.4. The maximum Gasteiger partial charge on any atom is 0.251 e. The lowest BCUT2D eigenvalue weighted by molar-refractivity contribution is 0.0910. The SMILES string of the molecule is Cc1cc(C(=O)NC2CCCCC2C)ccc1C#CCN. The van der Waals surface area contributed by atoms with Crippen molar-refractivity contribution in [3.05, 3.63) is 34.9 Å². The predicted molar refractivity (Wildman–Crippen MR) is 86.0 cm³/mol. The van der Waals surface area contributed by atoms with E-state index in [9.17, 15) is 4.79 Å². The van der Waals surface area contributed by atoms with Crippen LogP contribution in [0.4, 0.5) is 0 Å². The van der Waals surface area contributed by atoms with E-state index in [4.69, 9.17) is 5.73 Å². The molecule has 1 aliphatic rings. The van der Waals surface area contributed by atoms with Gasteiger partial charge in [0.1, 0.15) is 0 Å². The first-order valence-electron chi connectivity index (χ1n) is 7.72. The Morgan fingerprint density at radius 3 is 2.81 bits per heavy atom. The number of hydrogen-bond donors (Lipinski definition) is 2. The third-order valence-electron chi connectivity index (χ3n) is 4.24. The summed E-state index contributed by atoms with van der Waals surface area (Å²) >= 11 is 0. The smallest absolute Gasteiger partial charge is 0.251 e. The Balaban J connectivity index is 2.07. The molecule has 1 aromatic rings. The number of amides is 1. The minimum atomic E-state index is 0.0233. The largest absolute Gasteiger partial charge is 0.349 e. The second-order valence-electron chi connectivity index (χ2n) is 5.88. The first kappa shape index (κ1) is 15.6. The molecule has 0 bridgehead atoms. The molecule has 1 fully saturated rings. The van der Waals surface area contributed by atoms with E-state index in [-0.39, 0.29) is 5.91 Å². The van der Waals surface area contributed by atoms with Crippen LogP contribution in [0.15, 0.2) is 18.2 Å². The topological polar surface area (TPSA) is 55.1 Å². The fourth-order valence-electron chi connectivity index (χ4n) is 2.87. The molecule has 0 saturated heterocycles. The first-order valence-corrected chi connectivity index (χ1v) is 7.72. The van der Waals surface area contributed by atoms with Crippen molar-refractivity contribution in [1.29, 1.82) is 0 Å². The highest BCUT2D eigenvalue weighted by molar-refractivity contribution is 5.94. The quantitative estimate of drug-likeness (QED) is 0.820. The molecule has 0 heterocycles. The summed E-state index contributed by atoms with van der Waals surface area (Å²) in [5.41, 5.74) is 8.04. The van der Waals surface area contributed by atoms with Gasteiger partial charge in [-0.25, -0.2) is 0 Å². The highest BCUT2D eigenvalue weighted by Crippen LogP contribution is 2.24. The number of hydrogen-bond acceptors (Lipinski definition) is 2. The van der Waals surface area contributed by atoms with Gasteiger partial charge in [0.05, 0.1) is 6.54 Å². The molecule has 3 heteroatoms. The molecule has 1 aromatic carbocycles. The number of carbonyl (C=O) groups is 1. The van der Waals surface area contributed by atoms with E-state index < -0.39 is 0 Å². The van der Waals surface area contributed by atoms with Gasteiger partial charge in [-0.1, -0.05) is 31.6 Å². The summed E-state index contributed by atoms with van der Waals surface area (Å²) in [6.07, 6.45) is 4.78. The molecule has 0 radical (unpaired) electrons. The van der Waals surface area contributed by atoms with Crippen molar-refractivity contribution in [2.75, 3.05) is 6.54 Å². The van der Waals surface area contributed by atoms with Crippen molar-refractivity contribution in [1.82, 2.24) is 5.32 Å². The van der Waals surface area contributed by atoms with E-state index in [1.165, 1.54) is 19.3 Å². The maximum atomic E-state index is 12.4. The summed E-state index contributed by atoms with van der Waals surface area (Å²) in [6, 6.07) is 5.96. The van der Waals surface area contributed by atoms with Crippen LogP contribution in [0.3, 0.4) is 0 Å². The van der Waals surface area contributed by atoms with Crippen LogP contribution in [0.25, 0.3) is 0 Å². The number of benzene rings is 1. The van der Waals surface area contributed by atoms with Crippen molar-refractivity contribution < 1.29 is 4.79 Å². The lowest BCUT2D eigenvalue weighted by Gasteiger charge is -2.29. The molecule has 0 spiro atoms. The van der Waals surface area contributed by atoms with E-state index in [2.05, 4.69) is 24.1 Å². The molecule has 2 unspecified atom stereocenters. The van der Waals surface area contributed by atoms with Gasteiger partial charge in [-0.05, 0) is 49.4 Å². The van der Waals surface area contributed by atoms with Crippen LogP contribution in [0, 0.1) is 24.7 Å². The highest BCUT2D eigenvalue weighted by atomic mass is 16.1. The first-order chi connectivity index (χ1) is 10.1. The van der Waals surface area contributed by atoms with Crippen molar-refractivity contribution in [2.24, 2.45) is 11.7 Å². The molecule has 3 N–H and O–H groups in total. The van der Waals surface area contributed by atoms with Gasteiger partial charge in [-0.3, -0.25) is 4.79 Å². The standard InChI is InChI=1S/C18H24N2O/c1-13-6-3-4-8-17(13)20-18(21)16-10-9-15(7-5-11-19)14(2)12-16/h9-10,12-13,17H,3-4,6,8,11,19H2,1-2H3,(H,20,21). The molecule has 0 aliphatic heterocycles. The van der Waals surface area contributed by atoms with Gasteiger partial charge in [-0.2, -0.15) is 0 Å². The van der Waals surface area contributed by atoms with Crippen LogP contribution >= 0.6 is 0 Å². The van der Waals surface area contributed by atoms with Gasteiger partial charge in [0, 0.05) is 17.2 Å². The van der Waals surface area contributed by atoms with E-state index in [1.807, 2.05) is 25.1 Å². The van der Waals surface area contributed by atoms with E-state index in [0.717, 1.165) is 17.5 Å². The lowest BCUT2D eigenvalue weighted by Crippen LogP contribution is -2.41. The second-order valence-corrected chi connectivity index (χ2v) is 5.88. The molecule has 21 heavy (non-hydrogen) atoms. The summed E-state index contributed by atoms with van der Waals surface area (Å²) in [6.45, 7) is 4.54. The third kappa shape index (κ3) is 4.09. The lowest BCUT2D eigenvalue weighted by atomic mass is 9.86. The Hall–Kier alpha value is -1.79. The fraction of sp³-hybridized carbons (Fsp3) is 0.500. The molecule has 0 aromatic heterocycles. The van der Waals surface area contributed by atoms with Crippen molar-refractivity contribution >= 4 is 5.91 Å². The zero-order valence-electron chi connectivity index (χ0n) is 12.9. The zero-order valence-corrected chi connectivity index (χ0v) is 12.9. The second kappa shape index (κ2) is 7.28. The normalized spacial score (nSPS) is 21.3. The van der Waals surface area contributed by atoms with Crippen molar-refractivity contribution in [3.63, 3.8) is 0 Å². The highest BCUT2D eigenvalue weighted by Gasteiger charge is 2.23. The average molecular weight is 284 g/mol. The van der Waals surface area contributed by atoms with Crippen molar-refractivity contribution in [2.45, 2.75) is 45.6 Å². The van der Waals surface area contributed by atoms with Crippen LogP contribution in [0.2, 0.25) is 0 Å². The monoisotopic (exact) mass is 284 g/mol. The third-order valence-corrected chi connectivity index (χ3v) is 4.24. The average Bonchev–Trinajstić information content (AvgIpc) is 2.48. The van der Waals surface area contributed by atoms with E-state index in [1.54, 1.807) is 0 Å². The Labute approximate surface area is 127 Å². The molecule has 1 amide bonds. The van der Waals surface area contributed by atoms with Crippen molar-refractivity contribution in [3.8, 4) is 11.8 Å². The molecular weight excluding hydrogens is 260 g/mol. The summed E-state index contributed by atoms with van der Waals surface area (Å²) in [7, 11) is 0. The number of nitrogens with one attached hydrogen (secondary N) is 1. The Morgan fingerprint density at radius 1 is 1.38 bits per heavy atom. The van der Waals surface area contributed by atoms with E-state index >= 15 is 0 Å². The molecule has 1 saturated carbocycles.